The maximum Gasteiger partial charge on any atom is 0.325 e. The summed E-state index contributed by atoms with van der Waals surface area (Å²) in [5.74, 6) is -0.941. The summed E-state index contributed by atoms with van der Waals surface area (Å²) in [5.41, 5.74) is 1.82. The highest BCUT2D eigenvalue weighted by Crippen LogP contribution is 2.30. The third-order valence-electron chi connectivity index (χ3n) is 4.79. The Hall–Kier alpha value is -3.06. The zero-order chi connectivity index (χ0) is 21.0. The van der Waals surface area contributed by atoms with E-state index in [2.05, 4.69) is 16.7 Å². The summed E-state index contributed by atoms with van der Waals surface area (Å²) in [6, 6.07) is 1.76. The van der Waals surface area contributed by atoms with Crippen LogP contribution in [-0.4, -0.2) is 54.1 Å². The molecular formula is C19H24N4O6. The molecule has 0 aliphatic carbocycles. The molecule has 0 radical (unpaired) electrons. The monoisotopic (exact) mass is 404 g/mol. The summed E-state index contributed by atoms with van der Waals surface area (Å²) >= 11 is 0. The fraction of sp³-hybridized carbons (Fsp3) is 0.579. The van der Waals surface area contributed by atoms with E-state index in [-0.39, 0.29) is 25.2 Å². The lowest BCUT2D eigenvalue weighted by Gasteiger charge is -2.32. The lowest BCUT2D eigenvalue weighted by molar-refractivity contribution is -0.155. The second-order valence-corrected chi connectivity index (χ2v) is 7.06. The van der Waals surface area contributed by atoms with Gasteiger partial charge in [-0.25, -0.2) is 4.79 Å². The number of amides is 2. The molecule has 29 heavy (non-hydrogen) atoms. The molecule has 10 nitrogen and oxygen atoms in total. The average molecular weight is 404 g/mol. The number of nitriles is 1. The number of urea groups is 1. The Morgan fingerprint density at radius 3 is 2.83 bits per heavy atom. The van der Waals surface area contributed by atoms with Crippen molar-refractivity contribution in [2.45, 2.75) is 64.1 Å². The van der Waals surface area contributed by atoms with Crippen LogP contribution >= 0.6 is 0 Å². The molecule has 3 rings (SSSR count). The van der Waals surface area contributed by atoms with Crippen LogP contribution < -0.4 is 10.6 Å². The van der Waals surface area contributed by atoms with Crippen molar-refractivity contribution in [3.63, 3.8) is 0 Å². The minimum Gasteiger partial charge on any atom is -0.463 e. The van der Waals surface area contributed by atoms with Crippen LogP contribution in [0.3, 0.4) is 0 Å². The van der Waals surface area contributed by atoms with E-state index in [9.17, 15) is 14.4 Å². The Kier molecular flexibility index (Phi) is 6.39. The number of nitrogens with zero attached hydrogens (tertiary/aromatic N) is 2. The Bertz CT molecular complexity index is 786. The second kappa shape index (κ2) is 8.96. The van der Waals surface area contributed by atoms with Gasteiger partial charge in [-0.3, -0.25) is 14.5 Å². The van der Waals surface area contributed by atoms with E-state index < -0.39 is 30.4 Å². The van der Waals surface area contributed by atoms with Crippen molar-refractivity contribution in [2.75, 3.05) is 6.61 Å². The SMILES string of the molecule is CC(=O)OCC1OC(N2C=C3C=C(CCCC#N)NC3NC2=O)CC1OC(C)=O. The molecule has 4 atom stereocenters. The third kappa shape index (κ3) is 5.06. The minimum atomic E-state index is -0.663. The fourth-order valence-electron chi connectivity index (χ4n) is 3.52. The molecule has 0 aromatic heterocycles. The molecule has 10 heteroatoms. The maximum absolute atomic E-state index is 12.6. The summed E-state index contributed by atoms with van der Waals surface area (Å²) in [6.45, 7) is 2.51. The van der Waals surface area contributed by atoms with Crippen LogP contribution in [0.5, 0.6) is 0 Å². The number of fused-ring (bicyclic) bond motifs is 1. The van der Waals surface area contributed by atoms with E-state index in [1.165, 1.54) is 18.7 Å². The van der Waals surface area contributed by atoms with Crippen molar-refractivity contribution in [2.24, 2.45) is 0 Å². The van der Waals surface area contributed by atoms with Gasteiger partial charge in [0.15, 0.2) is 0 Å². The van der Waals surface area contributed by atoms with Crippen molar-refractivity contribution in [1.82, 2.24) is 15.5 Å². The lowest BCUT2D eigenvalue weighted by Crippen LogP contribution is -2.54. The van der Waals surface area contributed by atoms with E-state index in [1.54, 1.807) is 6.20 Å². The highest BCUT2D eigenvalue weighted by Gasteiger charge is 2.44. The molecule has 0 bridgehead atoms. The van der Waals surface area contributed by atoms with E-state index >= 15 is 0 Å². The lowest BCUT2D eigenvalue weighted by atomic mass is 10.1. The standard InChI is InChI=1S/C19H24N4O6/c1-11(24)27-10-16-15(28-12(2)25)8-17(29-16)23-9-13-7-14(5-3-4-6-20)21-18(13)22-19(23)26/h7,9,15-18,21H,3-5,8,10H2,1-2H3,(H,22,26). The minimum absolute atomic E-state index is 0.0665. The van der Waals surface area contributed by atoms with Crippen LogP contribution in [0.4, 0.5) is 4.79 Å². The van der Waals surface area contributed by atoms with Crippen molar-refractivity contribution in [1.29, 1.82) is 5.26 Å². The van der Waals surface area contributed by atoms with Crippen LogP contribution in [0.2, 0.25) is 0 Å². The number of carbonyl (C=O) groups is 3. The predicted molar refractivity (Wildman–Crippen MR) is 98.4 cm³/mol. The van der Waals surface area contributed by atoms with E-state index in [0.29, 0.717) is 6.42 Å². The number of hydrogen-bond donors (Lipinski definition) is 2. The molecule has 0 spiro atoms. The van der Waals surface area contributed by atoms with E-state index in [4.69, 9.17) is 19.5 Å². The van der Waals surface area contributed by atoms with E-state index in [0.717, 1.165) is 24.1 Å². The number of nitrogens with one attached hydrogen (secondary N) is 2. The van der Waals surface area contributed by atoms with Gasteiger partial charge in [-0.2, -0.15) is 5.26 Å². The molecule has 1 fully saturated rings. The molecule has 2 N–H and O–H groups in total. The van der Waals surface area contributed by atoms with Gasteiger partial charge in [-0.1, -0.05) is 0 Å². The summed E-state index contributed by atoms with van der Waals surface area (Å²) < 4.78 is 16.2. The molecule has 4 unspecified atom stereocenters. The first kappa shape index (κ1) is 20.7. The number of esters is 2. The first-order valence-electron chi connectivity index (χ1n) is 9.48. The topological polar surface area (TPSA) is 130 Å². The first-order valence-corrected chi connectivity index (χ1v) is 9.48. The molecule has 2 amide bonds. The highest BCUT2D eigenvalue weighted by molar-refractivity contribution is 5.78. The molecule has 1 saturated heterocycles. The van der Waals surface area contributed by atoms with Crippen LogP contribution in [-0.2, 0) is 23.8 Å². The van der Waals surface area contributed by atoms with Gasteiger partial charge in [-0.05, 0) is 18.9 Å². The Morgan fingerprint density at radius 2 is 2.14 bits per heavy atom. The number of unbranched alkanes of at least 4 members (excludes halogenated alkanes) is 1. The number of allylic oxidation sites excluding steroid dienone is 1. The summed E-state index contributed by atoms with van der Waals surface area (Å²) in [4.78, 5) is 36.5. The zero-order valence-corrected chi connectivity index (χ0v) is 16.3. The molecule has 3 aliphatic heterocycles. The van der Waals surface area contributed by atoms with Gasteiger partial charge >= 0.3 is 18.0 Å². The summed E-state index contributed by atoms with van der Waals surface area (Å²) in [6.07, 6.45) is 3.58. The normalized spacial score (nSPS) is 27.8. The van der Waals surface area contributed by atoms with Crippen molar-refractivity contribution < 1.29 is 28.6 Å². The largest absolute Gasteiger partial charge is 0.463 e. The van der Waals surface area contributed by atoms with Gasteiger partial charge in [0.2, 0.25) is 0 Å². The molecule has 156 valence electrons. The Balaban J connectivity index is 1.70. The quantitative estimate of drug-likeness (QED) is 0.475. The maximum atomic E-state index is 12.6. The summed E-state index contributed by atoms with van der Waals surface area (Å²) in [5, 5.41) is 14.8. The van der Waals surface area contributed by atoms with Gasteiger partial charge < -0.3 is 24.8 Å². The number of ether oxygens (including phenoxy) is 3. The molecular weight excluding hydrogens is 380 g/mol. The summed E-state index contributed by atoms with van der Waals surface area (Å²) in [7, 11) is 0. The van der Waals surface area contributed by atoms with Crippen LogP contribution in [0, 0.1) is 11.3 Å². The molecule has 0 aromatic rings. The average Bonchev–Trinajstić information content (AvgIpc) is 3.22. The van der Waals surface area contributed by atoms with Crippen molar-refractivity contribution >= 4 is 18.0 Å². The smallest absolute Gasteiger partial charge is 0.325 e. The number of rotatable bonds is 7. The molecule has 3 heterocycles. The molecule has 0 aromatic carbocycles. The van der Waals surface area contributed by atoms with Crippen molar-refractivity contribution in [3.8, 4) is 6.07 Å². The fourth-order valence-corrected chi connectivity index (χ4v) is 3.52. The molecule has 3 aliphatic rings. The van der Waals surface area contributed by atoms with Gasteiger partial charge in [0.1, 0.15) is 31.2 Å². The van der Waals surface area contributed by atoms with Crippen LogP contribution in [0.1, 0.15) is 39.5 Å². The second-order valence-electron chi connectivity index (χ2n) is 7.06. The Labute approximate surface area is 168 Å². The van der Waals surface area contributed by atoms with Crippen LogP contribution in [0.25, 0.3) is 0 Å². The van der Waals surface area contributed by atoms with Crippen LogP contribution in [0.15, 0.2) is 23.5 Å². The number of carbonyl (C=O) groups excluding carboxylic acids is 3. The zero-order valence-electron chi connectivity index (χ0n) is 16.3. The van der Waals surface area contributed by atoms with Gasteiger partial charge in [0.25, 0.3) is 0 Å². The predicted octanol–water partition coefficient (Wildman–Crippen LogP) is 1.01. The number of hydrogen-bond acceptors (Lipinski definition) is 8. The van der Waals surface area contributed by atoms with Gasteiger partial charge in [0.05, 0.1) is 6.07 Å². The third-order valence-corrected chi connectivity index (χ3v) is 4.79. The van der Waals surface area contributed by atoms with E-state index in [1.807, 2.05) is 6.08 Å². The van der Waals surface area contributed by atoms with Crippen molar-refractivity contribution in [3.05, 3.63) is 23.5 Å². The Morgan fingerprint density at radius 1 is 1.34 bits per heavy atom. The first-order chi connectivity index (χ1) is 13.9. The molecule has 0 saturated carbocycles. The van der Waals surface area contributed by atoms with Gasteiger partial charge in [0, 0.05) is 44.2 Å². The highest BCUT2D eigenvalue weighted by atomic mass is 16.6. The van der Waals surface area contributed by atoms with Gasteiger partial charge in [-0.15, -0.1) is 0 Å².